The number of hydrogen-bond donors (Lipinski definition) is 2. The highest BCUT2D eigenvalue weighted by molar-refractivity contribution is 7.80. The van der Waals surface area contributed by atoms with Crippen LogP contribution in [0.2, 0.25) is 0 Å². The normalized spacial score (nSPS) is 9.86. The van der Waals surface area contributed by atoms with Gasteiger partial charge in [0.1, 0.15) is 5.56 Å². The van der Waals surface area contributed by atoms with Gasteiger partial charge in [-0.1, -0.05) is 30.3 Å². The summed E-state index contributed by atoms with van der Waals surface area (Å²) in [7, 11) is 0. The maximum absolute atomic E-state index is 12.1. The molecule has 0 bridgehead atoms. The number of carbonyl (C=O) groups is 1. The summed E-state index contributed by atoms with van der Waals surface area (Å²) in [6.45, 7) is 1.90. The molecule has 2 aromatic carbocycles. The third kappa shape index (κ3) is 3.64. The highest BCUT2D eigenvalue weighted by atomic mass is 32.1. The largest absolute Gasteiger partial charge is 0.332 e. The van der Waals surface area contributed by atoms with Crippen LogP contribution < -0.4 is 10.6 Å². The monoisotopic (exact) mass is 315 g/mol. The Kier molecular flexibility index (Phi) is 4.80. The van der Waals surface area contributed by atoms with E-state index in [-0.39, 0.29) is 16.4 Å². The number of thiocarbonyl (C=S) groups is 1. The fourth-order valence-corrected chi connectivity index (χ4v) is 2.06. The minimum Gasteiger partial charge on any atom is -0.332 e. The zero-order valence-corrected chi connectivity index (χ0v) is 12.5. The SMILES string of the molecule is Cc1ccccc1NC(=S)NC(=O)c1ccccc1[N+](=O)[O-]. The molecule has 0 heterocycles. The van der Waals surface area contributed by atoms with E-state index in [9.17, 15) is 14.9 Å². The molecule has 6 nitrogen and oxygen atoms in total. The molecule has 0 spiro atoms. The molecule has 0 saturated heterocycles. The molecule has 7 heteroatoms. The minimum atomic E-state index is -0.626. The van der Waals surface area contributed by atoms with Crippen LogP contribution in [0.15, 0.2) is 48.5 Å². The van der Waals surface area contributed by atoms with Crippen molar-refractivity contribution in [1.82, 2.24) is 5.32 Å². The molecule has 0 fully saturated rings. The Morgan fingerprint density at radius 1 is 1.14 bits per heavy atom. The lowest BCUT2D eigenvalue weighted by Crippen LogP contribution is -2.34. The van der Waals surface area contributed by atoms with Crippen molar-refractivity contribution in [3.05, 3.63) is 69.8 Å². The number of aryl methyl sites for hydroxylation is 1. The number of benzene rings is 2. The lowest BCUT2D eigenvalue weighted by molar-refractivity contribution is -0.385. The van der Waals surface area contributed by atoms with E-state index >= 15 is 0 Å². The molecular formula is C15H13N3O3S. The number of para-hydroxylation sites is 2. The average molecular weight is 315 g/mol. The summed E-state index contributed by atoms with van der Waals surface area (Å²) in [5, 5.41) is 16.3. The van der Waals surface area contributed by atoms with Crippen LogP contribution >= 0.6 is 12.2 Å². The molecule has 0 aliphatic heterocycles. The number of anilines is 1. The Hall–Kier alpha value is -2.80. The van der Waals surface area contributed by atoms with Crippen molar-refractivity contribution in [3.8, 4) is 0 Å². The van der Waals surface area contributed by atoms with Gasteiger partial charge in [0.2, 0.25) is 0 Å². The van der Waals surface area contributed by atoms with Crippen LogP contribution in [-0.2, 0) is 0 Å². The van der Waals surface area contributed by atoms with Crippen molar-refractivity contribution in [2.75, 3.05) is 5.32 Å². The molecule has 0 aliphatic carbocycles. The van der Waals surface area contributed by atoms with Gasteiger partial charge < -0.3 is 5.32 Å². The highest BCUT2D eigenvalue weighted by Crippen LogP contribution is 2.17. The van der Waals surface area contributed by atoms with Crippen molar-refractivity contribution in [1.29, 1.82) is 0 Å². The highest BCUT2D eigenvalue weighted by Gasteiger charge is 2.19. The standard InChI is InChI=1S/C15H13N3O3S/c1-10-6-2-4-8-12(10)16-15(22)17-14(19)11-7-3-5-9-13(11)18(20)21/h2-9H,1H3,(H2,16,17,19,22). The van der Waals surface area contributed by atoms with Crippen molar-refractivity contribution in [2.45, 2.75) is 6.92 Å². The first kappa shape index (κ1) is 15.6. The summed E-state index contributed by atoms with van der Waals surface area (Å²) >= 11 is 5.07. The Labute approximate surface area is 132 Å². The van der Waals surface area contributed by atoms with Crippen molar-refractivity contribution >= 4 is 34.6 Å². The number of carbonyl (C=O) groups excluding carboxylic acids is 1. The van der Waals surface area contributed by atoms with Crippen molar-refractivity contribution < 1.29 is 9.72 Å². The quantitative estimate of drug-likeness (QED) is 0.517. The van der Waals surface area contributed by atoms with Gasteiger partial charge in [0.25, 0.3) is 11.6 Å². The van der Waals surface area contributed by atoms with Crippen LogP contribution in [0.1, 0.15) is 15.9 Å². The summed E-state index contributed by atoms with van der Waals surface area (Å²) < 4.78 is 0. The Morgan fingerprint density at radius 2 is 1.77 bits per heavy atom. The van der Waals surface area contributed by atoms with E-state index in [2.05, 4.69) is 10.6 Å². The fourth-order valence-electron chi connectivity index (χ4n) is 1.86. The summed E-state index contributed by atoms with van der Waals surface area (Å²) in [6, 6.07) is 13.1. The van der Waals surface area contributed by atoms with Gasteiger partial charge in [-0.25, -0.2) is 0 Å². The Bertz CT molecular complexity index is 746. The molecule has 22 heavy (non-hydrogen) atoms. The number of nitrogens with zero attached hydrogens (tertiary/aromatic N) is 1. The topological polar surface area (TPSA) is 84.3 Å². The summed E-state index contributed by atoms with van der Waals surface area (Å²) in [5.41, 5.74) is 1.42. The number of nitrogens with one attached hydrogen (secondary N) is 2. The maximum atomic E-state index is 12.1. The van der Waals surface area contributed by atoms with E-state index < -0.39 is 10.8 Å². The van der Waals surface area contributed by atoms with E-state index in [1.807, 2.05) is 31.2 Å². The predicted molar refractivity (Wildman–Crippen MR) is 88.0 cm³/mol. The molecule has 2 aromatic rings. The van der Waals surface area contributed by atoms with Gasteiger partial charge in [0, 0.05) is 11.8 Å². The van der Waals surface area contributed by atoms with Crippen LogP contribution in [0, 0.1) is 17.0 Å². The molecule has 0 aliphatic rings. The van der Waals surface area contributed by atoms with E-state index in [0.717, 1.165) is 11.3 Å². The second-order valence-electron chi connectivity index (χ2n) is 4.50. The van der Waals surface area contributed by atoms with Crippen LogP contribution in [-0.4, -0.2) is 15.9 Å². The van der Waals surface area contributed by atoms with Crippen LogP contribution in [0.4, 0.5) is 11.4 Å². The summed E-state index contributed by atoms with van der Waals surface area (Å²) in [4.78, 5) is 22.4. The first-order chi connectivity index (χ1) is 10.5. The second kappa shape index (κ2) is 6.77. The van der Waals surface area contributed by atoms with Gasteiger partial charge in [-0.3, -0.25) is 20.2 Å². The van der Waals surface area contributed by atoms with E-state index in [0.29, 0.717) is 0 Å². The zero-order chi connectivity index (χ0) is 16.1. The number of amides is 1. The molecule has 0 radical (unpaired) electrons. The average Bonchev–Trinajstić information content (AvgIpc) is 2.49. The molecule has 1 amide bonds. The van der Waals surface area contributed by atoms with E-state index in [1.165, 1.54) is 18.2 Å². The van der Waals surface area contributed by atoms with E-state index in [1.54, 1.807) is 6.07 Å². The van der Waals surface area contributed by atoms with Crippen LogP contribution in [0.3, 0.4) is 0 Å². The molecule has 112 valence electrons. The molecular weight excluding hydrogens is 302 g/mol. The fraction of sp³-hybridized carbons (Fsp3) is 0.0667. The molecule has 2 rings (SSSR count). The number of nitro groups is 1. The lowest BCUT2D eigenvalue weighted by atomic mass is 10.1. The predicted octanol–water partition coefficient (Wildman–Crippen LogP) is 3.03. The summed E-state index contributed by atoms with van der Waals surface area (Å²) in [6.07, 6.45) is 0. The molecule has 0 aromatic heterocycles. The second-order valence-corrected chi connectivity index (χ2v) is 4.91. The Morgan fingerprint density at radius 3 is 2.45 bits per heavy atom. The van der Waals surface area contributed by atoms with Gasteiger partial charge in [0.15, 0.2) is 5.11 Å². The molecule has 0 unspecified atom stereocenters. The zero-order valence-electron chi connectivity index (χ0n) is 11.7. The lowest BCUT2D eigenvalue weighted by Gasteiger charge is -2.11. The van der Waals surface area contributed by atoms with Gasteiger partial charge in [0.05, 0.1) is 4.92 Å². The maximum Gasteiger partial charge on any atom is 0.282 e. The minimum absolute atomic E-state index is 0.0403. The van der Waals surface area contributed by atoms with Gasteiger partial charge in [-0.05, 0) is 36.8 Å². The first-order valence-corrected chi connectivity index (χ1v) is 6.81. The molecule has 0 atom stereocenters. The smallest absolute Gasteiger partial charge is 0.282 e. The number of hydrogen-bond acceptors (Lipinski definition) is 4. The Balaban J connectivity index is 2.11. The number of rotatable bonds is 3. The van der Waals surface area contributed by atoms with Crippen molar-refractivity contribution in [3.63, 3.8) is 0 Å². The van der Waals surface area contributed by atoms with Gasteiger partial charge >= 0.3 is 0 Å². The molecule has 0 saturated carbocycles. The van der Waals surface area contributed by atoms with Gasteiger partial charge in [-0.15, -0.1) is 0 Å². The molecule has 2 N–H and O–H groups in total. The number of nitro benzene ring substituents is 1. The van der Waals surface area contributed by atoms with Crippen LogP contribution in [0.5, 0.6) is 0 Å². The van der Waals surface area contributed by atoms with Crippen molar-refractivity contribution in [2.24, 2.45) is 0 Å². The van der Waals surface area contributed by atoms with E-state index in [4.69, 9.17) is 12.2 Å². The third-order valence-corrected chi connectivity index (χ3v) is 3.17. The van der Waals surface area contributed by atoms with Crippen LogP contribution in [0.25, 0.3) is 0 Å². The van der Waals surface area contributed by atoms with Gasteiger partial charge in [-0.2, -0.15) is 0 Å². The third-order valence-electron chi connectivity index (χ3n) is 2.97. The first-order valence-electron chi connectivity index (χ1n) is 6.40. The summed E-state index contributed by atoms with van der Waals surface area (Å²) in [5.74, 6) is -0.626.